The monoisotopic (exact) mass is 362 g/mol. The zero-order valence-electron chi connectivity index (χ0n) is 13.3. The van der Waals surface area contributed by atoms with Crippen LogP contribution in [-0.2, 0) is 21.2 Å². The van der Waals surface area contributed by atoms with Gasteiger partial charge in [0.15, 0.2) is 0 Å². The standard InChI is InChI=1S/C17H18N2O5S/c20-17(21)11-8-13-6-9-14(10-7-13)16(19-22)12-18-25(23,24)15-4-2-1-3-5-15/h1-7,9-10,18,22H,8,11-12H2,(H,20,21)/b19-16+. The predicted molar refractivity (Wildman–Crippen MR) is 92.4 cm³/mol. The lowest BCUT2D eigenvalue weighted by atomic mass is 10.0. The van der Waals surface area contributed by atoms with Gasteiger partial charge in [0.2, 0.25) is 10.0 Å². The lowest BCUT2D eigenvalue weighted by molar-refractivity contribution is -0.136. The van der Waals surface area contributed by atoms with Crippen molar-refractivity contribution >= 4 is 21.7 Å². The van der Waals surface area contributed by atoms with Gasteiger partial charge in [0.25, 0.3) is 0 Å². The van der Waals surface area contributed by atoms with Crippen molar-refractivity contribution in [2.75, 3.05) is 6.54 Å². The zero-order valence-corrected chi connectivity index (χ0v) is 14.1. The fourth-order valence-electron chi connectivity index (χ4n) is 2.16. The van der Waals surface area contributed by atoms with Crippen LogP contribution in [0.1, 0.15) is 17.5 Å². The molecule has 0 saturated carbocycles. The number of nitrogens with zero attached hydrogens (tertiary/aromatic N) is 1. The van der Waals surface area contributed by atoms with Gasteiger partial charge in [-0.3, -0.25) is 4.79 Å². The Hall–Kier alpha value is -2.71. The van der Waals surface area contributed by atoms with Crippen molar-refractivity contribution in [3.63, 3.8) is 0 Å². The van der Waals surface area contributed by atoms with E-state index in [1.807, 2.05) is 0 Å². The number of hydrogen-bond donors (Lipinski definition) is 3. The van der Waals surface area contributed by atoms with E-state index in [-0.39, 0.29) is 23.6 Å². The summed E-state index contributed by atoms with van der Waals surface area (Å²) in [7, 11) is -3.71. The first kappa shape index (κ1) is 18.6. The molecular formula is C17H18N2O5S. The van der Waals surface area contributed by atoms with Gasteiger partial charge in [-0.2, -0.15) is 0 Å². The number of oxime groups is 1. The summed E-state index contributed by atoms with van der Waals surface area (Å²) in [5.41, 5.74) is 1.52. The molecule has 0 unspecified atom stereocenters. The molecule has 0 bridgehead atoms. The summed E-state index contributed by atoms with van der Waals surface area (Å²) in [6.45, 7) is -0.178. The molecule has 0 aliphatic carbocycles. The third kappa shape index (κ3) is 5.40. The molecule has 7 nitrogen and oxygen atoms in total. The van der Waals surface area contributed by atoms with Crippen LogP contribution in [0, 0.1) is 0 Å². The summed E-state index contributed by atoms with van der Waals surface area (Å²) in [6, 6.07) is 14.6. The SMILES string of the molecule is O=C(O)CCc1ccc(/C(CNS(=O)(=O)c2ccccc2)=N/O)cc1. The second-order valence-corrected chi connectivity index (χ2v) is 7.04. The quantitative estimate of drug-likeness (QED) is 0.376. The number of nitrogens with one attached hydrogen (secondary N) is 1. The Kier molecular flexibility index (Phi) is 6.26. The van der Waals surface area contributed by atoms with Crippen LogP contribution in [0.2, 0.25) is 0 Å². The molecule has 3 N–H and O–H groups in total. The van der Waals surface area contributed by atoms with Crippen LogP contribution in [0.15, 0.2) is 64.6 Å². The molecule has 0 saturated heterocycles. The molecular weight excluding hydrogens is 344 g/mol. The van der Waals surface area contributed by atoms with Gasteiger partial charge < -0.3 is 10.3 Å². The van der Waals surface area contributed by atoms with E-state index < -0.39 is 16.0 Å². The van der Waals surface area contributed by atoms with Crippen molar-refractivity contribution in [3.8, 4) is 0 Å². The number of carbonyl (C=O) groups is 1. The minimum absolute atomic E-state index is 0.0250. The van der Waals surface area contributed by atoms with E-state index in [4.69, 9.17) is 10.3 Å². The zero-order chi connectivity index (χ0) is 18.3. The lowest BCUT2D eigenvalue weighted by Crippen LogP contribution is -2.30. The number of sulfonamides is 1. The highest BCUT2D eigenvalue weighted by Crippen LogP contribution is 2.10. The minimum atomic E-state index is -3.71. The summed E-state index contributed by atoms with van der Waals surface area (Å²) < 4.78 is 26.8. The van der Waals surface area contributed by atoms with Crippen LogP contribution in [0.25, 0.3) is 0 Å². The number of carboxylic acid groups (broad SMARTS) is 1. The number of hydrogen-bond acceptors (Lipinski definition) is 5. The first-order valence-electron chi connectivity index (χ1n) is 7.49. The highest BCUT2D eigenvalue weighted by molar-refractivity contribution is 7.89. The normalized spacial score (nSPS) is 12.1. The highest BCUT2D eigenvalue weighted by atomic mass is 32.2. The van der Waals surface area contributed by atoms with Gasteiger partial charge in [0.05, 0.1) is 11.4 Å². The van der Waals surface area contributed by atoms with E-state index in [9.17, 15) is 13.2 Å². The van der Waals surface area contributed by atoms with Gasteiger partial charge >= 0.3 is 5.97 Å². The Labute approximate surface area is 145 Å². The van der Waals surface area contributed by atoms with E-state index >= 15 is 0 Å². The van der Waals surface area contributed by atoms with Crippen LogP contribution in [0.4, 0.5) is 0 Å². The van der Waals surface area contributed by atoms with Gasteiger partial charge in [0.1, 0.15) is 5.71 Å². The molecule has 2 aromatic rings. The second-order valence-electron chi connectivity index (χ2n) is 5.27. The predicted octanol–water partition coefficient (Wildman–Crippen LogP) is 1.86. The van der Waals surface area contributed by atoms with Crippen LogP contribution < -0.4 is 4.72 Å². The Balaban J connectivity index is 2.04. The molecule has 0 aliphatic heterocycles. The minimum Gasteiger partial charge on any atom is -0.481 e. The van der Waals surface area contributed by atoms with Crippen LogP contribution in [-0.4, -0.2) is 37.0 Å². The Morgan fingerprint density at radius 2 is 1.68 bits per heavy atom. The Morgan fingerprint density at radius 3 is 2.24 bits per heavy atom. The average molecular weight is 362 g/mol. The van der Waals surface area contributed by atoms with E-state index in [1.165, 1.54) is 12.1 Å². The van der Waals surface area contributed by atoms with E-state index in [2.05, 4.69) is 9.88 Å². The smallest absolute Gasteiger partial charge is 0.303 e. The van der Waals surface area contributed by atoms with Crippen LogP contribution in [0.5, 0.6) is 0 Å². The molecule has 0 radical (unpaired) electrons. The summed E-state index contributed by atoms with van der Waals surface area (Å²) in [5.74, 6) is -0.878. The van der Waals surface area contributed by atoms with Gasteiger partial charge in [-0.15, -0.1) is 0 Å². The van der Waals surface area contributed by atoms with Gasteiger partial charge in [-0.25, -0.2) is 13.1 Å². The maximum atomic E-state index is 12.2. The van der Waals surface area contributed by atoms with Crippen molar-refractivity contribution in [1.29, 1.82) is 0 Å². The Morgan fingerprint density at radius 1 is 1.04 bits per heavy atom. The molecule has 0 aromatic heterocycles. The molecule has 8 heteroatoms. The van der Waals surface area contributed by atoms with Crippen molar-refractivity contribution in [1.82, 2.24) is 4.72 Å². The fraction of sp³-hybridized carbons (Fsp3) is 0.176. The van der Waals surface area contributed by atoms with Gasteiger partial charge in [-0.1, -0.05) is 47.6 Å². The van der Waals surface area contributed by atoms with Gasteiger partial charge in [0, 0.05) is 12.0 Å². The summed E-state index contributed by atoms with van der Waals surface area (Å²) in [4.78, 5) is 10.7. The van der Waals surface area contributed by atoms with E-state index in [0.717, 1.165) is 5.56 Å². The van der Waals surface area contributed by atoms with Crippen molar-refractivity contribution in [2.24, 2.45) is 5.16 Å². The molecule has 0 heterocycles. The van der Waals surface area contributed by atoms with Crippen LogP contribution >= 0.6 is 0 Å². The summed E-state index contributed by atoms with van der Waals surface area (Å²) in [5, 5.41) is 21.0. The molecule has 25 heavy (non-hydrogen) atoms. The maximum Gasteiger partial charge on any atom is 0.303 e. The second kappa shape index (κ2) is 8.41. The molecule has 0 amide bonds. The number of rotatable bonds is 8. The van der Waals surface area contributed by atoms with Crippen LogP contribution in [0.3, 0.4) is 0 Å². The molecule has 2 aromatic carbocycles. The van der Waals surface area contributed by atoms with Crippen molar-refractivity contribution < 1.29 is 23.5 Å². The topological polar surface area (TPSA) is 116 Å². The highest BCUT2D eigenvalue weighted by Gasteiger charge is 2.15. The number of benzene rings is 2. The number of aliphatic carboxylic acids is 1. The van der Waals surface area contributed by atoms with Crippen molar-refractivity contribution in [3.05, 3.63) is 65.7 Å². The molecule has 132 valence electrons. The first-order chi connectivity index (χ1) is 11.9. The number of carboxylic acids is 1. The fourth-order valence-corrected chi connectivity index (χ4v) is 3.17. The summed E-state index contributed by atoms with van der Waals surface area (Å²) in [6.07, 6.45) is 0.416. The third-order valence-corrected chi connectivity index (χ3v) is 4.94. The average Bonchev–Trinajstić information content (AvgIpc) is 2.62. The summed E-state index contributed by atoms with van der Waals surface area (Å²) >= 11 is 0. The van der Waals surface area contributed by atoms with Gasteiger partial charge in [-0.05, 0) is 24.1 Å². The largest absolute Gasteiger partial charge is 0.481 e. The van der Waals surface area contributed by atoms with Crippen molar-refractivity contribution in [2.45, 2.75) is 17.7 Å². The van der Waals surface area contributed by atoms with E-state index in [1.54, 1.807) is 42.5 Å². The molecule has 2 rings (SSSR count). The first-order valence-corrected chi connectivity index (χ1v) is 8.97. The molecule has 0 aliphatic rings. The van der Waals surface area contributed by atoms with E-state index in [0.29, 0.717) is 12.0 Å². The third-order valence-electron chi connectivity index (χ3n) is 3.52. The number of aryl methyl sites for hydroxylation is 1. The molecule has 0 spiro atoms. The molecule has 0 atom stereocenters. The molecule has 0 fully saturated rings. The lowest BCUT2D eigenvalue weighted by Gasteiger charge is -2.09. The Bertz CT molecular complexity index is 846. The maximum absolute atomic E-state index is 12.2.